The molecule has 1 aliphatic rings. The standard InChI is InChI=1S/C14H17F2NO3/c1-8-9(2)20-12-10(8)4-3-5-11(12)13(19)17-6-14(15,16)7-18/h3-5,8-9,18H,6-7H2,1-2H3,(H,17,19). The molecule has 0 aliphatic carbocycles. The maximum absolute atomic E-state index is 12.9. The van der Waals surface area contributed by atoms with Crippen LogP contribution in [0.3, 0.4) is 0 Å². The van der Waals surface area contributed by atoms with Crippen LogP contribution in [0.4, 0.5) is 8.78 Å². The number of benzene rings is 1. The number of carbonyl (C=O) groups excluding carboxylic acids is 1. The van der Waals surface area contributed by atoms with Gasteiger partial charge in [0, 0.05) is 11.5 Å². The Bertz CT molecular complexity index is 519. The lowest BCUT2D eigenvalue weighted by molar-refractivity contribution is -0.0462. The normalized spacial score (nSPS) is 21.2. The SMILES string of the molecule is CC1Oc2c(C(=O)NCC(F)(F)CO)cccc2C1C. The van der Waals surface area contributed by atoms with Crippen LogP contribution in [0, 0.1) is 0 Å². The Morgan fingerprint density at radius 2 is 2.15 bits per heavy atom. The highest BCUT2D eigenvalue weighted by Crippen LogP contribution is 2.40. The number of para-hydroxylation sites is 1. The summed E-state index contributed by atoms with van der Waals surface area (Å²) < 4.78 is 31.5. The molecule has 1 aliphatic heterocycles. The molecule has 1 aromatic carbocycles. The molecule has 2 rings (SSSR count). The molecule has 2 N–H and O–H groups in total. The molecule has 1 heterocycles. The van der Waals surface area contributed by atoms with E-state index in [9.17, 15) is 13.6 Å². The number of aliphatic hydroxyl groups is 1. The van der Waals surface area contributed by atoms with E-state index in [1.165, 1.54) is 6.07 Å². The lowest BCUT2D eigenvalue weighted by Gasteiger charge is -2.15. The molecule has 0 saturated carbocycles. The van der Waals surface area contributed by atoms with E-state index in [0.29, 0.717) is 5.75 Å². The highest BCUT2D eigenvalue weighted by molar-refractivity contribution is 5.97. The molecule has 20 heavy (non-hydrogen) atoms. The molecule has 0 fully saturated rings. The van der Waals surface area contributed by atoms with Gasteiger partial charge in [-0.05, 0) is 13.0 Å². The van der Waals surface area contributed by atoms with Crippen molar-refractivity contribution >= 4 is 5.91 Å². The van der Waals surface area contributed by atoms with Crippen LogP contribution in [0.25, 0.3) is 0 Å². The summed E-state index contributed by atoms with van der Waals surface area (Å²) >= 11 is 0. The van der Waals surface area contributed by atoms with E-state index in [1.54, 1.807) is 6.07 Å². The lowest BCUT2D eigenvalue weighted by Crippen LogP contribution is -2.39. The zero-order valence-corrected chi connectivity index (χ0v) is 11.3. The van der Waals surface area contributed by atoms with Crippen molar-refractivity contribution in [3.63, 3.8) is 0 Å². The van der Waals surface area contributed by atoms with Gasteiger partial charge < -0.3 is 15.2 Å². The minimum Gasteiger partial charge on any atom is -0.489 e. The van der Waals surface area contributed by atoms with Gasteiger partial charge in [-0.25, -0.2) is 8.78 Å². The predicted octanol–water partition coefficient (Wildman–Crippen LogP) is 1.93. The summed E-state index contributed by atoms with van der Waals surface area (Å²) in [5, 5.41) is 10.6. The van der Waals surface area contributed by atoms with E-state index in [0.717, 1.165) is 5.56 Å². The van der Waals surface area contributed by atoms with Gasteiger partial charge in [0.05, 0.1) is 12.1 Å². The Morgan fingerprint density at radius 1 is 1.45 bits per heavy atom. The first kappa shape index (κ1) is 14.7. The average molecular weight is 285 g/mol. The molecular formula is C14H17F2NO3. The second-order valence-corrected chi connectivity index (χ2v) is 5.03. The number of aliphatic hydroxyl groups excluding tert-OH is 1. The molecule has 2 unspecified atom stereocenters. The quantitative estimate of drug-likeness (QED) is 0.888. The maximum Gasteiger partial charge on any atom is 0.287 e. The first-order valence-electron chi connectivity index (χ1n) is 6.42. The van der Waals surface area contributed by atoms with E-state index in [-0.39, 0.29) is 17.6 Å². The molecule has 6 heteroatoms. The van der Waals surface area contributed by atoms with Gasteiger partial charge in [0.1, 0.15) is 18.5 Å². The summed E-state index contributed by atoms with van der Waals surface area (Å²) in [7, 11) is 0. The van der Waals surface area contributed by atoms with Crippen molar-refractivity contribution in [2.75, 3.05) is 13.2 Å². The largest absolute Gasteiger partial charge is 0.489 e. The third-order valence-corrected chi connectivity index (χ3v) is 3.53. The van der Waals surface area contributed by atoms with Crippen molar-refractivity contribution < 1.29 is 23.4 Å². The van der Waals surface area contributed by atoms with Crippen LogP contribution in [-0.4, -0.2) is 36.2 Å². The van der Waals surface area contributed by atoms with Crippen LogP contribution in [0.2, 0.25) is 0 Å². The summed E-state index contributed by atoms with van der Waals surface area (Å²) in [4.78, 5) is 12.0. The predicted molar refractivity (Wildman–Crippen MR) is 69.3 cm³/mol. The number of nitrogens with one attached hydrogen (secondary N) is 1. The van der Waals surface area contributed by atoms with Gasteiger partial charge in [-0.3, -0.25) is 4.79 Å². The average Bonchev–Trinajstić information content (AvgIpc) is 2.72. The number of alkyl halides is 2. The second kappa shape index (κ2) is 5.36. The van der Waals surface area contributed by atoms with E-state index in [2.05, 4.69) is 5.32 Å². The molecule has 2 atom stereocenters. The second-order valence-electron chi connectivity index (χ2n) is 5.03. The summed E-state index contributed by atoms with van der Waals surface area (Å²) in [6.45, 7) is 1.67. The Hall–Kier alpha value is -1.69. The smallest absolute Gasteiger partial charge is 0.287 e. The van der Waals surface area contributed by atoms with Gasteiger partial charge in [-0.15, -0.1) is 0 Å². The molecule has 0 bridgehead atoms. The van der Waals surface area contributed by atoms with E-state index in [4.69, 9.17) is 9.84 Å². The Balaban J connectivity index is 2.17. The Labute approximate surface area is 115 Å². The first-order valence-corrected chi connectivity index (χ1v) is 6.42. The van der Waals surface area contributed by atoms with Crippen molar-refractivity contribution in [3.05, 3.63) is 29.3 Å². The molecule has 1 amide bonds. The molecule has 1 aromatic rings. The molecule has 4 nitrogen and oxygen atoms in total. The number of fused-ring (bicyclic) bond motifs is 1. The minimum absolute atomic E-state index is 0.0576. The van der Waals surface area contributed by atoms with Crippen molar-refractivity contribution in [1.82, 2.24) is 5.32 Å². The van der Waals surface area contributed by atoms with Crippen molar-refractivity contribution in [2.45, 2.75) is 31.8 Å². The van der Waals surface area contributed by atoms with Gasteiger partial charge >= 0.3 is 0 Å². The fourth-order valence-electron chi connectivity index (χ4n) is 2.13. The number of carbonyl (C=O) groups is 1. The van der Waals surface area contributed by atoms with Crippen molar-refractivity contribution in [1.29, 1.82) is 0 Å². The minimum atomic E-state index is -3.32. The number of rotatable bonds is 4. The van der Waals surface area contributed by atoms with E-state index >= 15 is 0 Å². The van der Waals surface area contributed by atoms with E-state index < -0.39 is 25.0 Å². The van der Waals surface area contributed by atoms with Gasteiger partial charge in [-0.2, -0.15) is 0 Å². The summed E-state index contributed by atoms with van der Waals surface area (Å²) in [6, 6.07) is 5.11. The molecular weight excluding hydrogens is 268 g/mol. The van der Waals surface area contributed by atoms with Crippen molar-refractivity contribution in [3.8, 4) is 5.75 Å². The fraction of sp³-hybridized carbons (Fsp3) is 0.500. The monoisotopic (exact) mass is 285 g/mol. The Kier molecular flexibility index (Phi) is 3.94. The zero-order valence-electron chi connectivity index (χ0n) is 11.3. The fourth-order valence-corrected chi connectivity index (χ4v) is 2.13. The zero-order chi connectivity index (χ0) is 14.9. The highest BCUT2D eigenvalue weighted by atomic mass is 19.3. The number of hydrogen-bond acceptors (Lipinski definition) is 3. The van der Waals surface area contributed by atoms with Crippen molar-refractivity contribution in [2.24, 2.45) is 0 Å². The van der Waals surface area contributed by atoms with Crippen LogP contribution in [0.1, 0.15) is 35.7 Å². The summed E-state index contributed by atoms with van der Waals surface area (Å²) in [5.41, 5.74) is 1.14. The third kappa shape index (κ3) is 2.75. The van der Waals surface area contributed by atoms with Crippen LogP contribution in [-0.2, 0) is 0 Å². The van der Waals surface area contributed by atoms with Crippen LogP contribution < -0.4 is 10.1 Å². The molecule has 110 valence electrons. The molecule has 0 saturated heterocycles. The maximum atomic E-state index is 12.9. The first-order chi connectivity index (χ1) is 9.35. The highest BCUT2D eigenvalue weighted by Gasteiger charge is 2.32. The molecule has 0 spiro atoms. The Morgan fingerprint density at radius 3 is 2.80 bits per heavy atom. The number of ether oxygens (including phenoxy) is 1. The van der Waals surface area contributed by atoms with Gasteiger partial charge in [0.2, 0.25) is 0 Å². The van der Waals surface area contributed by atoms with Crippen LogP contribution in [0.5, 0.6) is 5.75 Å². The van der Waals surface area contributed by atoms with Gasteiger partial charge in [-0.1, -0.05) is 19.1 Å². The van der Waals surface area contributed by atoms with E-state index in [1.807, 2.05) is 19.9 Å². The number of halogens is 2. The third-order valence-electron chi connectivity index (χ3n) is 3.53. The number of hydrogen-bond donors (Lipinski definition) is 2. The topological polar surface area (TPSA) is 58.6 Å². The summed E-state index contributed by atoms with van der Waals surface area (Å²) in [6.07, 6.45) is -0.0576. The molecule has 0 radical (unpaired) electrons. The molecule has 0 aromatic heterocycles. The van der Waals surface area contributed by atoms with Crippen LogP contribution in [0.15, 0.2) is 18.2 Å². The van der Waals surface area contributed by atoms with Gasteiger partial charge in [0.25, 0.3) is 11.8 Å². The van der Waals surface area contributed by atoms with Crippen LogP contribution >= 0.6 is 0 Å². The number of amides is 1. The summed E-state index contributed by atoms with van der Waals surface area (Å²) in [5.74, 6) is -3.35. The lowest BCUT2D eigenvalue weighted by atomic mass is 9.97. The van der Waals surface area contributed by atoms with Gasteiger partial charge in [0.15, 0.2) is 0 Å².